The summed E-state index contributed by atoms with van der Waals surface area (Å²) >= 11 is 0. The van der Waals surface area contributed by atoms with Gasteiger partial charge in [-0.15, -0.1) is 0 Å². The first-order valence-corrected chi connectivity index (χ1v) is 13.7. The lowest BCUT2D eigenvalue weighted by atomic mass is 9.95. The normalized spacial score (nSPS) is 15.5. The maximum atomic E-state index is 12.2. The van der Waals surface area contributed by atoms with Gasteiger partial charge in [0.15, 0.2) is 9.84 Å². The number of carboxylic acid groups (broad SMARTS) is 1. The van der Waals surface area contributed by atoms with Crippen LogP contribution in [0, 0.1) is 0 Å². The highest BCUT2D eigenvalue weighted by Gasteiger charge is 2.24. The molecule has 0 aromatic heterocycles. The molecule has 1 atom stereocenters. The van der Waals surface area contributed by atoms with E-state index in [1.165, 1.54) is 0 Å². The molecule has 1 aliphatic heterocycles. The van der Waals surface area contributed by atoms with Crippen LogP contribution in [0.5, 0.6) is 0 Å². The molecule has 0 spiro atoms. The molecule has 3 rings (SSSR count). The molecule has 1 heterocycles. The highest BCUT2D eigenvalue weighted by atomic mass is 32.2. The third-order valence-corrected chi connectivity index (χ3v) is 8.19. The molecule has 35 heavy (non-hydrogen) atoms. The second-order valence-electron chi connectivity index (χ2n) is 8.71. The van der Waals surface area contributed by atoms with Gasteiger partial charge in [0.1, 0.15) is 0 Å². The largest absolute Gasteiger partial charge is 0.481 e. The number of methoxy groups -OCH3 is 1. The van der Waals surface area contributed by atoms with E-state index in [1.54, 1.807) is 38.3 Å². The molecule has 0 aliphatic carbocycles. The maximum absolute atomic E-state index is 12.2. The van der Waals surface area contributed by atoms with Gasteiger partial charge in [-0.25, -0.2) is 8.42 Å². The smallest absolute Gasteiger partial charge is 0.304 e. The van der Waals surface area contributed by atoms with E-state index in [9.17, 15) is 18.3 Å². The van der Waals surface area contributed by atoms with E-state index in [0.29, 0.717) is 17.5 Å². The van der Waals surface area contributed by atoms with Crippen LogP contribution in [0.25, 0.3) is 0 Å². The number of aliphatic carboxylic acids is 1. The predicted molar refractivity (Wildman–Crippen MR) is 138 cm³/mol. The number of ether oxygens (including phenoxy) is 2. The van der Waals surface area contributed by atoms with Gasteiger partial charge < -0.3 is 24.8 Å². The van der Waals surface area contributed by atoms with Crippen molar-refractivity contribution in [2.45, 2.75) is 50.0 Å². The minimum atomic E-state index is -3.28. The molecule has 0 amide bonds. The van der Waals surface area contributed by atoms with Gasteiger partial charge in [0.2, 0.25) is 0 Å². The molecule has 1 saturated heterocycles. The van der Waals surface area contributed by atoms with Crippen molar-refractivity contribution in [3.8, 4) is 0 Å². The van der Waals surface area contributed by atoms with Crippen LogP contribution in [0.3, 0.4) is 0 Å². The van der Waals surface area contributed by atoms with Crippen molar-refractivity contribution in [3.05, 3.63) is 48.0 Å². The summed E-state index contributed by atoms with van der Waals surface area (Å²) in [4.78, 5) is 14.1. The molecule has 0 saturated carbocycles. The summed E-state index contributed by atoms with van der Waals surface area (Å²) in [5, 5.41) is 12.9. The number of nitrogens with zero attached hydrogens (tertiary/aromatic N) is 1. The van der Waals surface area contributed by atoms with Gasteiger partial charge in [0.05, 0.1) is 35.1 Å². The molecule has 2 N–H and O–H groups in total. The van der Waals surface area contributed by atoms with Crippen molar-refractivity contribution in [3.63, 3.8) is 0 Å². The van der Waals surface area contributed by atoms with E-state index < -0.39 is 15.8 Å². The van der Waals surface area contributed by atoms with E-state index in [-0.39, 0.29) is 18.1 Å². The van der Waals surface area contributed by atoms with Gasteiger partial charge >= 0.3 is 5.97 Å². The van der Waals surface area contributed by atoms with Gasteiger partial charge in [0.25, 0.3) is 0 Å². The molecular weight excluding hydrogens is 468 g/mol. The topological polar surface area (TPSA) is 105 Å². The van der Waals surface area contributed by atoms with E-state index in [1.807, 2.05) is 18.2 Å². The summed E-state index contributed by atoms with van der Waals surface area (Å²) in [6.45, 7) is 6.31. The van der Waals surface area contributed by atoms with Crippen molar-refractivity contribution < 1.29 is 27.8 Å². The SMILES string of the molecule is CCN(c1ccc([C@@H](COC)CC(=O)O)cc1Nc1ccc(S(=O)(=O)CC)cc1)C1CCOCC1. The van der Waals surface area contributed by atoms with Crippen LogP contribution in [-0.2, 0) is 24.1 Å². The van der Waals surface area contributed by atoms with E-state index in [2.05, 4.69) is 17.1 Å². The summed E-state index contributed by atoms with van der Waals surface area (Å²) in [6, 6.07) is 13.1. The van der Waals surface area contributed by atoms with Crippen LogP contribution in [0.15, 0.2) is 47.4 Å². The Balaban J connectivity index is 2.00. The number of benzene rings is 2. The lowest BCUT2D eigenvalue weighted by Crippen LogP contribution is -2.39. The molecular formula is C26H36N2O6S. The Bertz CT molecular complexity index is 1080. The Morgan fingerprint density at radius 3 is 2.43 bits per heavy atom. The van der Waals surface area contributed by atoms with Crippen molar-refractivity contribution in [2.24, 2.45) is 0 Å². The standard InChI is InChI=1S/C26H36N2O6S/c1-4-28(22-12-14-34-15-13-22)25-11-6-19(20(18-33-3)17-26(29)30)16-24(25)27-21-7-9-23(10-8-21)35(31,32)5-2/h6-11,16,20,22,27H,4-5,12-15,17-18H2,1-3H3,(H,29,30)/t20-/m1/s1. The Morgan fingerprint density at radius 2 is 1.86 bits per heavy atom. The first kappa shape index (κ1) is 27.0. The van der Waals surface area contributed by atoms with Crippen LogP contribution < -0.4 is 10.2 Å². The average Bonchev–Trinajstić information content (AvgIpc) is 2.86. The highest BCUT2D eigenvalue weighted by Crippen LogP contribution is 2.36. The first-order chi connectivity index (χ1) is 16.8. The molecule has 9 heteroatoms. The van der Waals surface area contributed by atoms with E-state index in [4.69, 9.17) is 9.47 Å². The highest BCUT2D eigenvalue weighted by molar-refractivity contribution is 7.91. The molecule has 1 fully saturated rings. The second-order valence-corrected chi connectivity index (χ2v) is 11.0. The van der Waals surface area contributed by atoms with Gasteiger partial charge in [-0.1, -0.05) is 13.0 Å². The van der Waals surface area contributed by atoms with Crippen LogP contribution in [-0.4, -0.2) is 64.8 Å². The monoisotopic (exact) mass is 504 g/mol. The van der Waals surface area contributed by atoms with Crippen molar-refractivity contribution in [2.75, 3.05) is 49.4 Å². The zero-order valence-corrected chi connectivity index (χ0v) is 21.5. The minimum absolute atomic E-state index is 0.0341. The van der Waals surface area contributed by atoms with Crippen molar-refractivity contribution >= 4 is 32.9 Å². The van der Waals surface area contributed by atoms with Gasteiger partial charge in [0, 0.05) is 44.5 Å². The quantitative estimate of drug-likeness (QED) is 0.437. The number of nitrogens with one attached hydrogen (secondary N) is 1. The van der Waals surface area contributed by atoms with Crippen LogP contribution in [0.4, 0.5) is 17.1 Å². The number of hydrogen-bond acceptors (Lipinski definition) is 7. The zero-order valence-electron chi connectivity index (χ0n) is 20.7. The van der Waals surface area contributed by atoms with Crippen LogP contribution >= 0.6 is 0 Å². The fraction of sp³-hybridized carbons (Fsp3) is 0.500. The number of carboxylic acids is 1. The molecule has 192 valence electrons. The number of sulfone groups is 1. The molecule has 0 unspecified atom stereocenters. The zero-order chi connectivity index (χ0) is 25.4. The third-order valence-electron chi connectivity index (χ3n) is 6.44. The number of rotatable bonds is 12. The Morgan fingerprint density at radius 1 is 1.17 bits per heavy atom. The predicted octanol–water partition coefficient (Wildman–Crippen LogP) is 4.43. The first-order valence-electron chi connectivity index (χ1n) is 12.1. The van der Waals surface area contributed by atoms with Crippen LogP contribution in [0.1, 0.15) is 44.6 Å². The summed E-state index contributed by atoms with van der Waals surface area (Å²) in [6.07, 6.45) is 1.83. The Labute approximate surface area is 208 Å². The van der Waals surface area contributed by atoms with Crippen LogP contribution in [0.2, 0.25) is 0 Å². The number of anilines is 3. The summed E-state index contributed by atoms with van der Waals surface area (Å²) in [5.74, 6) is -1.12. The maximum Gasteiger partial charge on any atom is 0.304 e. The molecule has 2 aromatic rings. The second kappa shape index (κ2) is 12.4. The molecule has 1 aliphatic rings. The fourth-order valence-electron chi connectivity index (χ4n) is 4.53. The van der Waals surface area contributed by atoms with E-state index >= 15 is 0 Å². The average molecular weight is 505 g/mol. The van der Waals surface area contributed by atoms with Gasteiger partial charge in [-0.05, 0) is 61.7 Å². The molecule has 2 aromatic carbocycles. The lowest BCUT2D eigenvalue weighted by Gasteiger charge is -2.37. The summed E-state index contributed by atoms with van der Waals surface area (Å²) in [7, 11) is -1.71. The summed E-state index contributed by atoms with van der Waals surface area (Å²) < 4.78 is 35.3. The lowest BCUT2D eigenvalue weighted by molar-refractivity contribution is -0.137. The molecule has 0 bridgehead atoms. The Hall–Kier alpha value is -2.62. The summed E-state index contributed by atoms with van der Waals surface area (Å²) in [5.41, 5.74) is 3.48. The fourth-order valence-corrected chi connectivity index (χ4v) is 5.42. The Kier molecular flexibility index (Phi) is 9.54. The molecule has 0 radical (unpaired) electrons. The minimum Gasteiger partial charge on any atom is -0.481 e. The van der Waals surface area contributed by atoms with Gasteiger partial charge in [-0.3, -0.25) is 4.79 Å². The van der Waals surface area contributed by atoms with Crippen molar-refractivity contribution in [1.29, 1.82) is 0 Å². The number of hydrogen-bond donors (Lipinski definition) is 2. The van der Waals surface area contributed by atoms with E-state index in [0.717, 1.165) is 55.2 Å². The molecule has 8 nitrogen and oxygen atoms in total. The number of carbonyl (C=O) groups is 1. The van der Waals surface area contributed by atoms with Crippen molar-refractivity contribution in [1.82, 2.24) is 0 Å². The third kappa shape index (κ3) is 6.96. The van der Waals surface area contributed by atoms with Gasteiger partial charge in [-0.2, -0.15) is 0 Å².